The molecule has 0 radical (unpaired) electrons. The van der Waals surface area contributed by atoms with E-state index in [4.69, 9.17) is 0 Å². The predicted molar refractivity (Wildman–Crippen MR) is 134 cm³/mol. The van der Waals surface area contributed by atoms with Gasteiger partial charge in [0.1, 0.15) is 23.3 Å². The number of carbonyl (C=O) groups excluding carboxylic acids is 1. The monoisotopic (exact) mass is 559 g/mol. The number of carbonyl (C=O) groups is 1. The van der Waals surface area contributed by atoms with Crippen molar-refractivity contribution in [1.29, 1.82) is 5.26 Å². The number of halogens is 4. The number of nitrogens with zero attached hydrogens (tertiary/aromatic N) is 4. The van der Waals surface area contributed by atoms with Crippen molar-refractivity contribution in [2.24, 2.45) is 0 Å². The van der Waals surface area contributed by atoms with Crippen molar-refractivity contribution in [2.75, 3.05) is 11.4 Å². The topological polar surface area (TPSA) is 122 Å². The molecule has 202 valence electrons. The van der Waals surface area contributed by atoms with Gasteiger partial charge in [0.05, 0.1) is 20.9 Å². The molecule has 0 saturated heterocycles. The highest BCUT2D eigenvalue weighted by atomic mass is 32.3. The average molecular weight is 560 g/mol. The summed E-state index contributed by atoms with van der Waals surface area (Å²) >= 11 is 0. The third-order valence-electron chi connectivity index (χ3n) is 6.65. The van der Waals surface area contributed by atoms with Crippen LogP contribution in [0.1, 0.15) is 46.6 Å². The van der Waals surface area contributed by atoms with Crippen LogP contribution in [0.15, 0.2) is 70.7 Å². The first-order valence-electron chi connectivity index (χ1n) is 11.7. The van der Waals surface area contributed by atoms with Crippen LogP contribution in [0, 0.1) is 17.1 Å². The number of hydrogen-bond donors (Lipinski definition) is 3. The Kier molecular flexibility index (Phi) is 6.58. The van der Waals surface area contributed by atoms with Gasteiger partial charge in [-0.05, 0) is 42.7 Å². The lowest BCUT2D eigenvalue weighted by Gasteiger charge is -2.35. The fourth-order valence-electron chi connectivity index (χ4n) is 4.48. The summed E-state index contributed by atoms with van der Waals surface area (Å²) in [5, 5.41) is 12.2. The Morgan fingerprint density at radius 1 is 1.13 bits per heavy atom. The zero-order valence-corrected chi connectivity index (χ0v) is 20.9. The molecule has 1 fully saturated rings. The summed E-state index contributed by atoms with van der Waals surface area (Å²) in [6.45, 7) is 0.0602. The van der Waals surface area contributed by atoms with Crippen LogP contribution in [-0.2, 0) is 11.7 Å². The van der Waals surface area contributed by atoms with Crippen molar-refractivity contribution < 1.29 is 31.5 Å². The highest BCUT2D eigenvalue weighted by Crippen LogP contribution is 2.60. The molecule has 3 N–H and O–H groups in total. The maximum absolute atomic E-state index is 13.6. The number of nitrogens with one attached hydrogen (secondary N) is 1. The van der Waals surface area contributed by atoms with Crippen LogP contribution in [-0.4, -0.2) is 31.5 Å². The van der Waals surface area contributed by atoms with E-state index in [0.717, 1.165) is 18.2 Å². The maximum atomic E-state index is 13.6. The standard InChI is InChI=1S/C26H21F4N5O3S/c27-17-7-5-16(6-8-17)25(10-11-25)34-24(36)19-14-32-22(13-31)33-23(19)35-12-9-18(15-35)39(37,38)21-4-2-1-3-20(21)26(28,29)30/h1-8,14-15,37-38H,9-12H2,(H,34,36). The van der Waals surface area contributed by atoms with Crippen LogP contribution in [0.2, 0.25) is 0 Å². The normalized spacial score (nSPS) is 16.8. The van der Waals surface area contributed by atoms with Crippen molar-refractivity contribution in [3.05, 3.63) is 94.2 Å². The molecule has 1 amide bonds. The number of alkyl halides is 3. The van der Waals surface area contributed by atoms with E-state index in [1.165, 1.54) is 35.5 Å². The van der Waals surface area contributed by atoms with Gasteiger partial charge in [0.2, 0.25) is 5.82 Å². The SMILES string of the molecule is N#Cc1ncc(C(=O)NC2(c3ccc(F)cc3)CC2)c(N2C=C(S(O)(O)c3ccccc3C(F)(F)F)CC2)n1. The van der Waals surface area contributed by atoms with Gasteiger partial charge >= 0.3 is 6.18 Å². The Hall–Kier alpha value is -3.99. The molecule has 1 saturated carbocycles. The van der Waals surface area contributed by atoms with Crippen LogP contribution in [0.3, 0.4) is 0 Å². The Bertz CT molecular complexity index is 1520. The quantitative estimate of drug-likeness (QED) is 0.327. The molecular formula is C26H21F4N5O3S. The third kappa shape index (κ3) is 5.06. The highest BCUT2D eigenvalue weighted by Gasteiger charge is 2.46. The molecule has 0 atom stereocenters. The van der Waals surface area contributed by atoms with Crippen LogP contribution in [0.5, 0.6) is 0 Å². The van der Waals surface area contributed by atoms with E-state index in [2.05, 4.69) is 15.3 Å². The first kappa shape index (κ1) is 26.6. The first-order chi connectivity index (χ1) is 18.4. The molecule has 39 heavy (non-hydrogen) atoms. The van der Waals surface area contributed by atoms with Crippen molar-refractivity contribution in [3.8, 4) is 6.07 Å². The number of benzene rings is 2. The summed E-state index contributed by atoms with van der Waals surface area (Å²) in [4.78, 5) is 22.0. The van der Waals surface area contributed by atoms with E-state index in [1.807, 2.05) is 0 Å². The number of nitriles is 1. The number of rotatable bonds is 6. The van der Waals surface area contributed by atoms with E-state index < -0.39 is 44.5 Å². The van der Waals surface area contributed by atoms with Gasteiger partial charge in [-0.1, -0.05) is 24.3 Å². The number of anilines is 1. The van der Waals surface area contributed by atoms with Crippen LogP contribution < -0.4 is 10.2 Å². The molecule has 1 aromatic heterocycles. The molecule has 0 spiro atoms. The second kappa shape index (κ2) is 9.64. The van der Waals surface area contributed by atoms with Crippen molar-refractivity contribution in [2.45, 2.75) is 35.9 Å². The predicted octanol–water partition coefficient (Wildman–Crippen LogP) is 5.79. The van der Waals surface area contributed by atoms with Crippen LogP contribution in [0.25, 0.3) is 0 Å². The van der Waals surface area contributed by atoms with Gasteiger partial charge in [-0.15, -0.1) is 10.6 Å². The maximum Gasteiger partial charge on any atom is 0.418 e. The van der Waals surface area contributed by atoms with Gasteiger partial charge in [0, 0.05) is 25.4 Å². The highest BCUT2D eigenvalue weighted by molar-refractivity contribution is 8.27. The van der Waals surface area contributed by atoms with E-state index in [9.17, 15) is 36.7 Å². The Labute approximate surface area is 222 Å². The molecule has 1 aliphatic carbocycles. The molecular weight excluding hydrogens is 538 g/mol. The van der Waals surface area contributed by atoms with Crippen molar-refractivity contribution in [1.82, 2.24) is 15.3 Å². The second-order valence-electron chi connectivity index (χ2n) is 9.17. The molecule has 2 aliphatic rings. The summed E-state index contributed by atoms with van der Waals surface area (Å²) in [5.74, 6) is -1.25. The largest absolute Gasteiger partial charge is 0.418 e. The zero-order chi connectivity index (χ0) is 28.0. The van der Waals surface area contributed by atoms with Gasteiger partial charge in [0.15, 0.2) is 0 Å². The number of hydrogen-bond acceptors (Lipinski definition) is 7. The zero-order valence-electron chi connectivity index (χ0n) is 20.1. The number of amides is 1. The van der Waals surface area contributed by atoms with Crippen LogP contribution >= 0.6 is 10.6 Å². The molecule has 3 aromatic rings. The summed E-state index contributed by atoms with van der Waals surface area (Å²) in [6.07, 6.45) is -1.19. The molecule has 13 heteroatoms. The molecule has 1 aliphatic heterocycles. The summed E-state index contributed by atoms with van der Waals surface area (Å²) < 4.78 is 76.0. The lowest BCUT2D eigenvalue weighted by Crippen LogP contribution is -2.36. The Balaban J connectivity index is 1.47. The molecule has 2 heterocycles. The first-order valence-corrected chi connectivity index (χ1v) is 13.3. The van der Waals surface area contributed by atoms with E-state index in [0.29, 0.717) is 18.4 Å². The fourth-order valence-corrected chi connectivity index (χ4v) is 6.17. The molecule has 8 nitrogen and oxygen atoms in total. The smallest absolute Gasteiger partial charge is 0.342 e. The van der Waals surface area contributed by atoms with E-state index >= 15 is 0 Å². The lowest BCUT2D eigenvalue weighted by molar-refractivity contribution is -0.140. The van der Waals surface area contributed by atoms with Crippen LogP contribution in [0.4, 0.5) is 23.4 Å². The Morgan fingerprint density at radius 3 is 2.46 bits per heavy atom. The number of aromatic nitrogens is 2. The summed E-state index contributed by atoms with van der Waals surface area (Å²) in [7, 11) is -4.04. The molecule has 5 rings (SSSR count). The van der Waals surface area contributed by atoms with Crippen molar-refractivity contribution >= 4 is 22.3 Å². The molecule has 0 unspecified atom stereocenters. The minimum absolute atomic E-state index is 0.0109. The lowest BCUT2D eigenvalue weighted by atomic mass is 10.0. The van der Waals surface area contributed by atoms with Gasteiger partial charge < -0.3 is 10.2 Å². The fraction of sp³-hybridized carbons (Fsp3) is 0.231. The Morgan fingerprint density at radius 2 is 1.82 bits per heavy atom. The van der Waals surface area contributed by atoms with E-state index in [-0.39, 0.29) is 35.1 Å². The molecule has 2 aromatic carbocycles. The second-order valence-corrected chi connectivity index (χ2v) is 11.2. The van der Waals surface area contributed by atoms with Gasteiger partial charge in [-0.25, -0.2) is 14.4 Å². The van der Waals surface area contributed by atoms with Gasteiger partial charge in [0.25, 0.3) is 5.91 Å². The summed E-state index contributed by atoms with van der Waals surface area (Å²) in [6, 6.07) is 11.8. The van der Waals surface area contributed by atoms with Crippen molar-refractivity contribution in [3.63, 3.8) is 0 Å². The molecule has 0 bridgehead atoms. The summed E-state index contributed by atoms with van der Waals surface area (Å²) in [5.41, 5.74) is -1.17. The van der Waals surface area contributed by atoms with Gasteiger partial charge in [-0.2, -0.15) is 18.4 Å². The van der Waals surface area contributed by atoms with Gasteiger partial charge in [-0.3, -0.25) is 13.9 Å². The average Bonchev–Trinajstić information content (AvgIpc) is 3.50. The minimum atomic E-state index is -4.80. The van der Waals surface area contributed by atoms with E-state index in [1.54, 1.807) is 18.2 Å². The minimum Gasteiger partial charge on any atom is -0.342 e. The third-order valence-corrected chi connectivity index (χ3v) is 8.66.